The zero-order chi connectivity index (χ0) is 13.3. The molecule has 0 saturated heterocycles. The number of carbonyl (C=O) groups excluding carboxylic acids is 1. The number of ketones is 1. The van der Waals surface area contributed by atoms with Crippen molar-refractivity contribution < 1.29 is 13.2 Å². The summed E-state index contributed by atoms with van der Waals surface area (Å²) in [5, 5.41) is -0.392. The average molecular weight is 266 g/mol. The minimum atomic E-state index is -3.29. The molecule has 0 amide bonds. The van der Waals surface area contributed by atoms with Crippen LogP contribution in [0.2, 0.25) is 0 Å². The Hall–Kier alpha value is -1.16. The van der Waals surface area contributed by atoms with Crippen LogP contribution in [-0.2, 0) is 14.6 Å². The van der Waals surface area contributed by atoms with Crippen LogP contribution >= 0.6 is 0 Å². The molecule has 2 rings (SSSR count). The third-order valence-corrected chi connectivity index (χ3v) is 5.99. The largest absolute Gasteiger partial charge is 0.300 e. The van der Waals surface area contributed by atoms with Gasteiger partial charge in [-0.3, -0.25) is 4.79 Å². The molecule has 1 aromatic carbocycles. The molecule has 1 aromatic rings. The molecule has 0 radical (unpaired) electrons. The van der Waals surface area contributed by atoms with Gasteiger partial charge in [0.25, 0.3) is 0 Å². The van der Waals surface area contributed by atoms with Crippen molar-refractivity contribution in [2.45, 2.75) is 49.7 Å². The summed E-state index contributed by atoms with van der Waals surface area (Å²) in [7, 11) is -3.29. The maximum atomic E-state index is 12.5. The summed E-state index contributed by atoms with van der Waals surface area (Å²) in [5.74, 6) is 0.182. The van der Waals surface area contributed by atoms with E-state index in [9.17, 15) is 13.2 Å². The van der Waals surface area contributed by atoms with Gasteiger partial charge in [-0.15, -0.1) is 0 Å². The molecule has 3 nitrogen and oxygen atoms in total. The van der Waals surface area contributed by atoms with Gasteiger partial charge in [0.1, 0.15) is 5.78 Å². The van der Waals surface area contributed by atoms with E-state index in [0.29, 0.717) is 30.6 Å². The number of aryl methyl sites for hydroxylation is 2. The van der Waals surface area contributed by atoms with Gasteiger partial charge in [-0.25, -0.2) is 8.42 Å². The molecular weight excluding hydrogens is 248 g/mol. The van der Waals surface area contributed by atoms with Gasteiger partial charge in [0.2, 0.25) is 0 Å². The van der Waals surface area contributed by atoms with Crippen LogP contribution < -0.4 is 0 Å². The van der Waals surface area contributed by atoms with E-state index in [1.165, 1.54) is 0 Å². The van der Waals surface area contributed by atoms with Gasteiger partial charge in [-0.2, -0.15) is 0 Å². The summed E-state index contributed by atoms with van der Waals surface area (Å²) in [6, 6.07) is 5.41. The van der Waals surface area contributed by atoms with E-state index >= 15 is 0 Å². The molecule has 98 valence electrons. The third kappa shape index (κ3) is 2.48. The van der Waals surface area contributed by atoms with Crippen LogP contribution in [0.4, 0.5) is 0 Å². The summed E-state index contributed by atoms with van der Waals surface area (Å²) < 4.78 is 25.0. The zero-order valence-electron chi connectivity index (χ0n) is 10.8. The highest BCUT2D eigenvalue weighted by atomic mass is 32.2. The fourth-order valence-electron chi connectivity index (χ4n) is 2.52. The number of Topliss-reactive ketones (excluding diaryl/α,β-unsaturated/α-hetero) is 1. The number of benzene rings is 1. The highest BCUT2D eigenvalue weighted by Crippen LogP contribution is 2.29. The third-order valence-electron chi connectivity index (χ3n) is 3.57. The van der Waals surface area contributed by atoms with Crippen LogP contribution in [0.3, 0.4) is 0 Å². The maximum absolute atomic E-state index is 12.5. The molecular formula is C14H18O3S. The fourth-order valence-corrected chi connectivity index (χ4v) is 4.50. The first-order chi connectivity index (χ1) is 8.41. The zero-order valence-corrected chi connectivity index (χ0v) is 11.6. The second-order valence-corrected chi connectivity index (χ2v) is 7.25. The number of sulfone groups is 1. The van der Waals surface area contributed by atoms with Crippen LogP contribution in [0.5, 0.6) is 0 Å². The SMILES string of the molecule is Cc1ccc(S(=O)(=O)C2CCC(=O)CC2)c(C)c1. The molecule has 4 heteroatoms. The quantitative estimate of drug-likeness (QED) is 0.826. The first-order valence-electron chi connectivity index (χ1n) is 6.24. The summed E-state index contributed by atoms with van der Waals surface area (Å²) in [4.78, 5) is 11.6. The molecule has 0 atom stereocenters. The van der Waals surface area contributed by atoms with E-state index in [0.717, 1.165) is 11.1 Å². The Bertz CT molecular complexity index is 563. The minimum absolute atomic E-state index is 0.182. The lowest BCUT2D eigenvalue weighted by Gasteiger charge is -2.22. The molecule has 0 unspecified atom stereocenters. The van der Waals surface area contributed by atoms with E-state index in [1.807, 2.05) is 26.0 Å². The first kappa shape index (κ1) is 13.3. The molecule has 1 saturated carbocycles. The Morgan fingerprint density at radius 3 is 2.28 bits per heavy atom. The molecule has 0 aliphatic heterocycles. The molecule has 0 N–H and O–H groups in total. The van der Waals surface area contributed by atoms with Crippen molar-refractivity contribution >= 4 is 15.6 Å². The molecule has 1 aliphatic carbocycles. The molecule has 1 fully saturated rings. The highest BCUT2D eigenvalue weighted by molar-refractivity contribution is 7.92. The van der Waals surface area contributed by atoms with Gasteiger partial charge in [0.15, 0.2) is 9.84 Å². The lowest BCUT2D eigenvalue weighted by molar-refractivity contribution is -0.120. The van der Waals surface area contributed by atoms with E-state index in [2.05, 4.69) is 0 Å². The minimum Gasteiger partial charge on any atom is -0.300 e. The predicted molar refractivity (Wildman–Crippen MR) is 70.4 cm³/mol. The topological polar surface area (TPSA) is 51.2 Å². The van der Waals surface area contributed by atoms with Crippen molar-refractivity contribution in [1.82, 2.24) is 0 Å². The van der Waals surface area contributed by atoms with E-state index < -0.39 is 15.1 Å². The van der Waals surface area contributed by atoms with Gasteiger partial charge in [-0.1, -0.05) is 17.7 Å². The first-order valence-corrected chi connectivity index (χ1v) is 7.79. The van der Waals surface area contributed by atoms with Gasteiger partial charge in [-0.05, 0) is 38.3 Å². The molecule has 0 spiro atoms. The van der Waals surface area contributed by atoms with Crippen molar-refractivity contribution in [2.24, 2.45) is 0 Å². The number of hydrogen-bond acceptors (Lipinski definition) is 3. The van der Waals surface area contributed by atoms with Crippen LogP contribution in [0, 0.1) is 13.8 Å². The van der Waals surface area contributed by atoms with Crippen LogP contribution in [0.25, 0.3) is 0 Å². The lowest BCUT2D eigenvalue weighted by Crippen LogP contribution is -2.27. The second kappa shape index (κ2) is 4.84. The molecule has 0 bridgehead atoms. The van der Waals surface area contributed by atoms with E-state index in [-0.39, 0.29) is 5.78 Å². The van der Waals surface area contributed by atoms with Gasteiger partial charge < -0.3 is 0 Å². The summed E-state index contributed by atoms with van der Waals surface area (Å²) >= 11 is 0. The van der Waals surface area contributed by atoms with Crippen molar-refractivity contribution in [1.29, 1.82) is 0 Å². The summed E-state index contributed by atoms with van der Waals surface area (Å²) in [5.41, 5.74) is 1.86. The second-order valence-electron chi connectivity index (χ2n) is 5.05. The fraction of sp³-hybridized carbons (Fsp3) is 0.500. The predicted octanol–water partition coefficient (Wildman–Crippen LogP) is 2.59. The van der Waals surface area contributed by atoms with Crippen LogP contribution in [0.1, 0.15) is 36.8 Å². The van der Waals surface area contributed by atoms with Gasteiger partial charge in [0, 0.05) is 12.8 Å². The monoisotopic (exact) mass is 266 g/mol. The Morgan fingerprint density at radius 1 is 1.11 bits per heavy atom. The number of rotatable bonds is 2. The van der Waals surface area contributed by atoms with Crippen molar-refractivity contribution in [3.63, 3.8) is 0 Å². The normalized spacial score (nSPS) is 18.0. The van der Waals surface area contributed by atoms with Crippen LogP contribution in [-0.4, -0.2) is 19.5 Å². The average Bonchev–Trinajstić information content (AvgIpc) is 2.29. The Kier molecular flexibility index (Phi) is 3.57. The Morgan fingerprint density at radius 2 is 1.72 bits per heavy atom. The smallest absolute Gasteiger partial charge is 0.181 e. The Labute approximate surface area is 108 Å². The molecule has 1 aliphatic rings. The molecule has 18 heavy (non-hydrogen) atoms. The van der Waals surface area contributed by atoms with Gasteiger partial charge in [0.05, 0.1) is 10.1 Å². The van der Waals surface area contributed by atoms with Crippen LogP contribution in [0.15, 0.2) is 23.1 Å². The lowest BCUT2D eigenvalue weighted by atomic mass is 9.99. The number of hydrogen-bond donors (Lipinski definition) is 0. The molecule has 0 aromatic heterocycles. The standard InChI is InChI=1S/C14H18O3S/c1-10-3-8-14(11(2)9-10)18(16,17)13-6-4-12(15)5-7-13/h3,8-9,13H,4-7H2,1-2H3. The van der Waals surface area contributed by atoms with Crippen molar-refractivity contribution in [3.05, 3.63) is 29.3 Å². The van der Waals surface area contributed by atoms with Crippen molar-refractivity contribution in [2.75, 3.05) is 0 Å². The molecule has 0 heterocycles. The summed E-state index contributed by atoms with van der Waals surface area (Å²) in [6.07, 6.45) is 1.73. The Balaban J connectivity index is 2.33. The summed E-state index contributed by atoms with van der Waals surface area (Å²) in [6.45, 7) is 3.77. The van der Waals surface area contributed by atoms with Gasteiger partial charge >= 0.3 is 0 Å². The maximum Gasteiger partial charge on any atom is 0.181 e. The van der Waals surface area contributed by atoms with E-state index in [1.54, 1.807) is 6.07 Å². The van der Waals surface area contributed by atoms with Crippen molar-refractivity contribution in [3.8, 4) is 0 Å². The highest BCUT2D eigenvalue weighted by Gasteiger charge is 2.32. The number of carbonyl (C=O) groups is 1. The van der Waals surface area contributed by atoms with E-state index in [4.69, 9.17) is 0 Å².